The molecule has 29 heavy (non-hydrogen) atoms. The molecule has 0 unspecified atom stereocenters. The molecule has 160 valence electrons. The van der Waals surface area contributed by atoms with Crippen LogP contribution in [0.25, 0.3) is 11.0 Å². The Hall–Kier alpha value is -2.35. The number of nitrogens with one attached hydrogen (secondary N) is 1. The highest BCUT2D eigenvalue weighted by Gasteiger charge is 2.22. The van der Waals surface area contributed by atoms with Crippen LogP contribution in [0, 0.1) is 0 Å². The van der Waals surface area contributed by atoms with Gasteiger partial charge in [-0.25, -0.2) is 19.8 Å². The normalized spacial score (nSPS) is 13.7. The van der Waals surface area contributed by atoms with Gasteiger partial charge in [0.1, 0.15) is 11.3 Å². The first-order chi connectivity index (χ1) is 13.9. The van der Waals surface area contributed by atoms with Gasteiger partial charge in [0.05, 0.1) is 11.6 Å². The summed E-state index contributed by atoms with van der Waals surface area (Å²) in [6.45, 7) is 7.05. The first-order valence-corrected chi connectivity index (χ1v) is 10.9. The maximum absolute atomic E-state index is 11.8. The van der Waals surface area contributed by atoms with Gasteiger partial charge in [-0.2, -0.15) is 0 Å². The van der Waals surface area contributed by atoms with Crippen molar-refractivity contribution in [3.63, 3.8) is 0 Å². The summed E-state index contributed by atoms with van der Waals surface area (Å²) in [7, 11) is 0. The number of nitrogen functional groups attached to an aromatic ring is 1. The van der Waals surface area contributed by atoms with Crippen molar-refractivity contribution in [2.24, 2.45) is 0 Å². The maximum atomic E-state index is 11.8. The zero-order valence-corrected chi connectivity index (χ0v) is 17.9. The second kappa shape index (κ2) is 9.43. The third-order valence-electron chi connectivity index (χ3n) is 5.52. The van der Waals surface area contributed by atoms with E-state index in [0.29, 0.717) is 12.4 Å². The standard InChI is InChI=1S/C21H34N6O2/c1-4-9-17-25-18-19(15-10-5-6-11-16(15)24-20(18)22)26(17)13-8-7-12-23-21(28)27(29)14(2)3/h14,29H,4-13H2,1-3H3,(H2,22,24)(H,23,28). The molecular weight excluding hydrogens is 368 g/mol. The van der Waals surface area contributed by atoms with Gasteiger partial charge in [0, 0.05) is 25.2 Å². The first-order valence-electron chi connectivity index (χ1n) is 10.9. The van der Waals surface area contributed by atoms with E-state index in [0.717, 1.165) is 67.2 Å². The minimum Gasteiger partial charge on any atom is -0.382 e. The number of nitrogens with zero attached hydrogens (tertiary/aromatic N) is 4. The Bertz CT molecular complexity index is 861. The molecule has 2 aromatic rings. The number of hydrogen-bond donors (Lipinski definition) is 3. The van der Waals surface area contributed by atoms with Crippen LogP contribution in [-0.4, -0.2) is 43.4 Å². The van der Waals surface area contributed by atoms with Crippen LogP contribution in [0.3, 0.4) is 0 Å². The minimum atomic E-state index is -0.451. The van der Waals surface area contributed by atoms with Gasteiger partial charge in [-0.3, -0.25) is 5.21 Å². The first kappa shape index (κ1) is 21.4. The molecule has 0 aliphatic heterocycles. The lowest BCUT2D eigenvalue weighted by molar-refractivity contribution is -0.0677. The summed E-state index contributed by atoms with van der Waals surface area (Å²) in [5.74, 6) is 1.61. The van der Waals surface area contributed by atoms with Gasteiger partial charge in [-0.15, -0.1) is 0 Å². The molecule has 1 aliphatic rings. The number of carbonyl (C=O) groups excluding carboxylic acids is 1. The van der Waals surface area contributed by atoms with E-state index < -0.39 is 6.03 Å². The molecule has 1 aliphatic carbocycles. The fourth-order valence-electron chi connectivity index (χ4n) is 4.01. The molecule has 8 heteroatoms. The van der Waals surface area contributed by atoms with E-state index in [2.05, 4.69) is 21.8 Å². The molecule has 0 fully saturated rings. The van der Waals surface area contributed by atoms with Crippen LogP contribution in [0.1, 0.15) is 70.0 Å². The van der Waals surface area contributed by atoms with Crippen LogP contribution in [0.4, 0.5) is 10.6 Å². The quantitative estimate of drug-likeness (QED) is 0.356. The minimum absolute atomic E-state index is 0.242. The fourth-order valence-corrected chi connectivity index (χ4v) is 4.01. The molecule has 3 rings (SSSR count). The van der Waals surface area contributed by atoms with Gasteiger partial charge in [-0.1, -0.05) is 6.92 Å². The molecule has 0 spiro atoms. The van der Waals surface area contributed by atoms with Crippen LogP contribution in [0.5, 0.6) is 0 Å². The summed E-state index contributed by atoms with van der Waals surface area (Å²) in [6.07, 6.45) is 8.04. The van der Waals surface area contributed by atoms with Crippen molar-refractivity contribution in [2.75, 3.05) is 12.3 Å². The predicted molar refractivity (Wildman–Crippen MR) is 114 cm³/mol. The van der Waals surface area contributed by atoms with Crippen LogP contribution in [0.15, 0.2) is 0 Å². The van der Waals surface area contributed by atoms with Gasteiger partial charge in [0.2, 0.25) is 0 Å². The van der Waals surface area contributed by atoms with Gasteiger partial charge >= 0.3 is 6.03 Å². The van der Waals surface area contributed by atoms with Crippen LogP contribution < -0.4 is 11.1 Å². The van der Waals surface area contributed by atoms with E-state index in [-0.39, 0.29) is 6.04 Å². The summed E-state index contributed by atoms with van der Waals surface area (Å²) < 4.78 is 2.33. The molecule has 4 N–H and O–H groups in total. The van der Waals surface area contributed by atoms with E-state index in [1.807, 2.05) is 0 Å². The number of hydrogen-bond acceptors (Lipinski definition) is 5. The number of fused-ring (bicyclic) bond motifs is 3. The van der Waals surface area contributed by atoms with Crippen LogP contribution in [0.2, 0.25) is 0 Å². The Kier molecular flexibility index (Phi) is 6.95. The Labute approximate surface area is 172 Å². The number of pyridine rings is 1. The number of aryl methyl sites for hydroxylation is 4. The number of hydroxylamine groups is 2. The van der Waals surface area contributed by atoms with Crippen LogP contribution in [-0.2, 0) is 25.8 Å². The number of rotatable bonds is 8. The molecule has 8 nitrogen and oxygen atoms in total. The second-order valence-corrected chi connectivity index (χ2v) is 8.13. The average Bonchev–Trinajstić information content (AvgIpc) is 3.06. The highest BCUT2D eigenvalue weighted by atomic mass is 16.5. The molecule has 0 bridgehead atoms. The molecular formula is C21H34N6O2. The Balaban J connectivity index is 1.73. The fraction of sp³-hybridized carbons (Fsp3) is 0.667. The molecule has 0 radical (unpaired) electrons. The lowest BCUT2D eigenvalue weighted by Gasteiger charge is -2.19. The van der Waals surface area contributed by atoms with E-state index in [9.17, 15) is 10.0 Å². The highest BCUT2D eigenvalue weighted by Crippen LogP contribution is 2.32. The number of anilines is 1. The lowest BCUT2D eigenvalue weighted by Crippen LogP contribution is -2.41. The van der Waals surface area contributed by atoms with Gasteiger partial charge in [0.15, 0.2) is 5.82 Å². The lowest BCUT2D eigenvalue weighted by atomic mass is 9.95. The van der Waals surface area contributed by atoms with Crippen molar-refractivity contribution in [1.82, 2.24) is 24.9 Å². The largest absolute Gasteiger partial charge is 0.382 e. The number of amides is 2. The zero-order valence-electron chi connectivity index (χ0n) is 17.9. The molecule has 0 saturated heterocycles. The summed E-state index contributed by atoms with van der Waals surface area (Å²) in [5.41, 5.74) is 10.7. The zero-order chi connectivity index (χ0) is 21.0. The van der Waals surface area contributed by atoms with Gasteiger partial charge < -0.3 is 15.6 Å². The molecule has 2 amide bonds. The summed E-state index contributed by atoms with van der Waals surface area (Å²) in [5, 5.41) is 13.1. The molecule has 2 heterocycles. The molecule has 2 aromatic heterocycles. The summed E-state index contributed by atoms with van der Waals surface area (Å²) >= 11 is 0. The molecule has 0 atom stereocenters. The number of aromatic nitrogens is 3. The van der Waals surface area contributed by atoms with E-state index in [1.165, 1.54) is 23.9 Å². The Morgan fingerprint density at radius 2 is 2.03 bits per heavy atom. The van der Waals surface area contributed by atoms with Crippen LogP contribution >= 0.6 is 0 Å². The number of urea groups is 1. The SMILES string of the molecule is CCCc1nc2c(N)nc3c(c2n1CCCCNC(=O)N(O)C(C)C)CCCC3. The number of unbranched alkanes of at least 4 members (excludes halogenated alkanes) is 1. The van der Waals surface area contributed by atoms with Crippen molar-refractivity contribution >= 4 is 22.9 Å². The van der Waals surface area contributed by atoms with E-state index in [4.69, 9.17) is 10.7 Å². The number of nitrogens with two attached hydrogens (primary N) is 1. The predicted octanol–water partition coefficient (Wildman–Crippen LogP) is 3.43. The number of imidazole rings is 1. The second-order valence-electron chi connectivity index (χ2n) is 8.13. The van der Waals surface area contributed by atoms with E-state index in [1.54, 1.807) is 13.8 Å². The molecule has 0 aromatic carbocycles. The topological polar surface area (TPSA) is 109 Å². The van der Waals surface area contributed by atoms with Gasteiger partial charge in [-0.05, 0) is 64.4 Å². The van der Waals surface area contributed by atoms with Crippen molar-refractivity contribution < 1.29 is 10.0 Å². The van der Waals surface area contributed by atoms with Crippen molar-refractivity contribution in [1.29, 1.82) is 0 Å². The maximum Gasteiger partial charge on any atom is 0.341 e. The number of carbonyl (C=O) groups is 1. The highest BCUT2D eigenvalue weighted by molar-refractivity contribution is 5.89. The summed E-state index contributed by atoms with van der Waals surface area (Å²) in [6, 6.07) is -0.693. The van der Waals surface area contributed by atoms with Gasteiger partial charge in [0.25, 0.3) is 0 Å². The Morgan fingerprint density at radius 1 is 1.28 bits per heavy atom. The third-order valence-corrected chi connectivity index (χ3v) is 5.52. The monoisotopic (exact) mass is 402 g/mol. The summed E-state index contributed by atoms with van der Waals surface area (Å²) in [4.78, 5) is 21.3. The third kappa shape index (κ3) is 4.63. The smallest absolute Gasteiger partial charge is 0.341 e. The molecule has 0 saturated carbocycles. The Morgan fingerprint density at radius 3 is 2.76 bits per heavy atom. The van der Waals surface area contributed by atoms with Crippen molar-refractivity contribution in [3.05, 3.63) is 17.1 Å². The van der Waals surface area contributed by atoms with Crippen molar-refractivity contribution in [3.8, 4) is 0 Å². The van der Waals surface area contributed by atoms with E-state index >= 15 is 0 Å². The van der Waals surface area contributed by atoms with Crippen molar-refractivity contribution in [2.45, 2.75) is 84.7 Å². The average molecular weight is 403 g/mol.